The number of hydrogen-bond donors (Lipinski definition) is 2. The Bertz CT molecular complexity index is 424. The maximum Gasteiger partial charge on any atom is 0.251 e. The van der Waals surface area contributed by atoms with E-state index in [2.05, 4.69) is 21.2 Å². The van der Waals surface area contributed by atoms with Crippen molar-refractivity contribution in [2.24, 2.45) is 5.73 Å². The minimum absolute atomic E-state index is 0.0707. The molecule has 1 aromatic carbocycles. The summed E-state index contributed by atoms with van der Waals surface area (Å²) in [5.41, 5.74) is 6.43. The molecule has 0 spiro atoms. The monoisotopic (exact) mass is 330 g/mol. The molecule has 1 fully saturated rings. The summed E-state index contributed by atoms with van der Waals surface area (Å²) in [6.45, 7) is 0. The summed E-state index contributed by atoms with van der Waals surface area (Å²) in [5, 5.41) is 3.59. The molecule has 1 saturated carbocycles. The first kappa shape index (κ1) is 13.8. The molecule has 3 N–H and O–H groups in total. The first-order valence-electron chi connectivity index (χ1n) is 6.07. The number of halogens is 2. The van der Waals surface area contributed by atoms with E-state index in [0.717, 1.165) is 30.2 Å². The number of carbonyl (C=O) groups excluding carboxylic acids is 1. The lowest BCUT2D eigenvalue weighted by Crippen LogP contribution is -2.40. The number of rotatable bonds is 2. The average Bonchev–Trinajstić information content (AvgIpc) is 2.31. The molecular weight excluding hydrogens is 316 g/mol. The number of hydrogen-bond acceptors (Lipinski definition) is 2. The first-order valence-corrected chi connectivity index (χ1v) is 7.24. The summed E-state index contributed by atoms with van der Waals surface area (Å²) in [7, 11) is 0. The van der Waals surface area contributed by atoms with Gasteiger partial charge in [-0.05, 0) is 43.9 Å². The van der Waals surface area contributed by atoms with Gasteiger partial charge in [-0.3, -0.25) is 4.79 Å². The van der Waals surface area contributed by atoms with Crippen molar-refractivity contribution >= 4 is 33.4 Å². The molecule has 0 bridgehead atoms. The minimum atomic E-state index is -0.0707. The third-order valence-electron chi connectivity index (χ3n) is 3.23. The van der Waals surface area contributed by atoms with Crippen molar-refractivity contribution in [2.75, 3.05) is 0 Å². The Kier molecular flexibility index (Phi) is 4.65. The molecule has 3 nitrogen and oxygen atoms in total. The van der Waals surface area contributed by atoms with Crippen LogP contribution in [0.4, 0.5) is 0 Å². The standard InChI is InChI=1S/C13H16BrClN2O/c14-9-5-8(6-10(15)7-9)13(18)17-12-3-1-11(16)2-4-12/h5-7,11-12H,1-4,16H2,(H,17,18). The molecule has 5 heteroatoms. The van der Waals surface area contributed by atoms with E-state index >= 15 is 0 Å². The van der Waals surface area contributed by atoms with Crippen molar-refractivity contribution in [2.45, 2.75) is 37.8 Å². The van der Waals surface area contributed by atoms with Gasteiger partial charge in [-0.15, -0.1) is 0 Å². The van der Waals surface area contributed by atoms with Crippen molar-refractivity contribution < 1.29 is 4.79 Å². The van der Waals surface area contributed by atoms with Crippen LogP contribution >= 0.6 is 27.5 Å². The lowest BCUT2D eigenvalue weighted by Gasteiger charge is -2.26. The summed E-state index contributed by atoms with van der Waals surface area (Å²) in [6.07, 6.45) is 3.86. The fourth-order valence-corrected chi connectivity index (χ4v) is 3.08. The average molecular weight is 332 g/mol. The topological polar surface area (TPSA) is 55.1 Å². The fourth-order valence-electron chi connectivity index (χ4n) is 2.22. The van der Waals surface area contributed by atoms with Gasteiger partial charge in [0, 0.05) is 27.1 Å². The molecule has 0 atom stereocenters. The molecular formula is C13H16BrClN2O. The molecule has 0 aromatic heterocycles. The Balaban J connectivity index is 1.99. The lowest BCUT2D eigenvalue weighted by atomic mass is 9.91. The van der Waals surface area contributed by atoms with Gasteiger partial charge >= 0.3 is 0 Å². The van der Waals surface area contributed by atoms with Crippen LogP contribution in [0.3, 0.4) is 0 Å². The van der Waals surface area contributed by atoms with Gasteiger partial charge < -0.3 is 11.1 Å². The van der Waals surface area contributed by atoms with Crippen LogP contribution in [0.2, 0.25) is 5.02 Å². The van der Waals surface area contributed by atoms with Crippen LogP contribution in [0.5, 0.6) is 0 Å². The molecule has 2 rings (SSSR count). The number of nitrogens with two attached hydrogens (primary N) is 1. The van der Waals surface area contributed by atoms with E-state index in [0.29, 0.717) is 16.6 Å². The van der Waals surface area contributed by atoms with E-state index in [4.69, 9.17) is 17.3 Å². The largest absolute Gasteiger partial charge is 0.349 e. The molecule has 1 aliphatic carbocycles. The Hall–Kier alpha value is -0.580. The zero-order valence-corrected chi connectivity index (χ0v) is 12.3. The zero-order chi connectivity index (χ0) is 13.1. The lowest BCUT2D eigenvalue weighted by molar-refractivity contribution is 0.0926. The van der Waals surface area contributed by atoms with Crippen LogP contribution in [0, 0.1) is 0 Å². The predicted molar refractivity (Wildman–Crippen MR) is 76.8 cm³/mol. The highest BCUT2D eigenvalue weighted by molar-refractivity contribution is 9.10. The van der Waals surface area contributed by atoms with Gasteiger partial charge in [0.15, 0.2) is 0 Å². The molecule has 1 amide bonds. The summed E-state index contributed by atoms with van der Waals surface area (Å²) < 4.78 is 0.811. The first-order chi connectivity index (χ1) is 8.54. The Labute approximate surface area is 120 Å². The van der Waals surface area contributed by atoms with E-state index in [-0.39, 0.29) is 11.9 Å². The van der Waals surface area contributed by atoms with Gasteiger partial charge in [-0.25, -0.2) is 0 Å². The number of amides is 1. The maximum atomic E-state index is 12.1. The summed E-state index contributed by atoms with van der Waals surface area (Å²) in [6, 6.07) is 5.73. The van der Waals surface area contributed by atoms with Crippen molar-refractivity contribution in [3.05, 3.63) is 33.3 Å². The highest BCUT2D eigenvalue weighted by Gasteiger charge is 2.20. The third kappa shape index (κ3) is 3.70. The minimum Gasteiger partial charge on any atom is -0.349 e. The van der Waals surface area contributed by atoms with Crippen molar-refractivity contribution in [3.8, 4) is 0 Å². The zero-order valence-electron chi connectivity index (χ0n) is 9.96. The van der Waals surface area contributed by atoms with Crippen molar-refractivity contribution in [1.29, 1.82) is 0 Å². The second-order valence-electron chi connectivity index (χ2n) is 4.74. The molecule has 0 radical (unpaired) electrons. The van der Waals surface area contributed by atoms with Crippen LogP contribution in [0.15, 0.2) is 22.7 Å². The van der Waals surface area contributed by atoms with E-state index in [1.807, 2.05) is 0 Å². The molecule has 18 heavy (non-hydrogen) atoms. The summed E-state index contributed by atoms with van der Waals surface area (Å²) >= 11 is 9.26. The van der Waals surface area contributed by atoms with Crippen LogP contribution in [0.1, 0.15) is 36.0 Å². The smallest absolute Gasteiger partial charge is 0.251 e. The maximum absolute atomic E-state index is 12.1. The fraction of sp³-hybridized carbons (Fsp3) is 0.462. The number of nitrogens with one attached hydrogen (secondary N) is 1. The normalized spacial score (nSPS) is 23.7. The Morgan fingerprint density at radius 1 is 1.28 bits per heavy atom. The van der Waals surface area contributed by atoms with E-state index in [1.54, 1.807) is 18.2 Å². The van der Waals surface area contributed by atoms with Gasteiger partial charge in [0.05, 0.1) is 0 Å². The van der Waals surface area contributed by atoms with Crippen molar-refractivity contribution in [1.82, 2.24) is 5.32 Å². The van der Waals surface area contributed by atoms with Gasteiger partial charge in [-0.2, -0.15) is 0 Å². The van der Waals surface area contributed by atoms with Gasteiger partial charge in [-0.1, -0.05) is 27.5 Å². The van der Waals surface area contributed by atoms with Crippen LogP contribution in [0.25, 0.3) is 0 Å². The second kappa shape index (κ2) is 6.04. The predicted octanol–water partition coefficient (Wildman–Crippen LogP) is 3.10. The molecule has 0 aliphatic heterocycles. The Morgan fingerprint density at radius 3 is 2.56 bits per heavy atom. The van der Waals surface area contributed by atoms with Crippen LogP contribution in [-0.2, 0) is 0 Å². The third-order valence-corrected chi connectivity index (χ3v) is 3.91. The highest BCUT2D eigenvalue weighted by atomic mass is 79.9. The molecule has 1 aromatic rings. The second-order valence-corrected chi connectivity index (χ2v) is 6.10. The number of carbonyl (C=O) groups is 1. The number of benzene rings is 1. The molecule has 0 saturated heterocycles. The molecule has 0 unspecified atom stereocenters. The van der Waals surface area contributed by atoms with Gasteiger partial charge in [0.1, 0.15) is 0 Å². The van der Waals surface area contributed by atoms with Gasteiger partial charge in [0.25, 0.3) is 5.91 Å². The van der Waals surface area contributed by atoms with Crippen LogP contribution in [-0.4, -0.2) is 18.0 Å². The molecule has 1 aliphatic rings. The molecule has 0 heterocycles. The molecule has 98 valence electrons. The van der Waals surface area contributed by atoms with Crippen molar-refractivity contribution in [3.63, 3.8) is 0 Å². The van der Waals surface area contributed by atoms with E-state index in [9.17, 15) is 4.79 Å². The van der Waals surface area contributed by atoms with E-state index in [1.165, 1.54) is 0 Å². The van der Waals surface area contributed by atoms with Gasteiger partial charge in [0.2, 0.25) is 0 Å². The van der Waals surface area contributed by atoms with E-state index < -0.39 is 0 Å². The summed E-state index contributed by atoms with van der Waals surface area (Å²) in [5.74, 6) is -0.0707. The SMILES string of the molecule is NC1CCC(NC(=O)c2cc(Cl)cc(Br)c2)CC1. The summed E-state index contributed by atoms with van der Waals surface area (Å²) in [4.78, 5) is 12.1. The quantitative estimate of drug-likeness (QED) is 0.875. The van der Waals surface area contributed by atoms with Crippen LogP contribution < -0.4 is 11.1 Å². The highest BCUT2D eigenvalue weighted by Crippen LogP contribution is 2.21. The Morgan fingerprint density at radius 2 is 1.94 bits per heavy atom.